The van der Waals surface area contributed by atoms with E-state index in [9.17, 15) is 0 Å². The molecule has 1 aliphatic heterocycles. The van der Waals surface area contributed by atoms with Crippen molar-refractivity contribution in [3.8, 4) is 50.5 Å². The molecule has 244 valence electrons. The summed E-state index contributed by atoms with van der Waals surface area (Å²) < 4.78 is 11.1. The van der Waals surface area contributed by atoms with Crippen LogP contribution in [0.4, 0.5) is 0 Å². The van der Waals surface area contributed by atoms with Gasteiger partial charge in [-0.25, -0.2) is 0 Å². The molecule has 0 atom stereocenters. The van der Waals surface area contributed by atoms with Crippen molar-refractivity contribution < 1.29 is 4.74 Å². The highest BCUT2D eigenvalue weighted by Crippen LogP contribution is 2.45. The van der Waals surface area contributed by atoms with Gasteiger partial charge < -0.3 is 13.9 Å². The molecule has 0 bridgehead atoms. The number of hydrogen-bond donors (Lipinski definition) is 0. The highest BCUT2D eigenvalue weighted by atomic mass is 16.5. The van der Waals surface area contributed by atoms with Crippen LogP contribution in [-0.4, -0.2) is 9.13 Å². The second kappa shape index (κ2) is 11.3. The highest BCUT2D eigenvalue weighted by molar-refractivity contribution is 6.13. The molecule has 3 nitrogen and oxygen atoms in total. The Bertz CT molecular complexity index is 3020. The van der Waals surface area contributed by atoms with Crippen LogP contribution in [0.15, 0.2) is 182 Å². The summed E-state index contributed by atoms with van der Waals surface area (Å²) in [6.45, 7) is 0.590. The number of para-hydroxylation sites is 2. The third-order valence-corrected chi connectivity index (χ3v) is 10.8. The molecular formula is C49H32N2O. The van der Waals surface area contributed by atoms with Crippen LogP contribution in [0, 0.1) is 0 Å². The van der Waals surface area contributed by atoms with Crippen LogP contribution in [0.2, 0.25) is 0 Å². The predicted molar refractivity (Wildman–Crippen MR) is 216 cm³/mol. The minimum absolute atomic E-state index is 0.590. The van der Waals surface area contributed by atoms with E-state index in [4.69, 9.17) is 4.74 Å². The van der Waals surface area contributed by atoms with E-state index < -0.39 is 0 Å². The average Bonchev–Trinajstić information content (AvgIpc) is 3.73. The molecule has 0 aliphatic carbocycles. The van der Waals surface area contributed by atoms with E-state index in [0.717, 1.165) is 22.7 Å². The molecule has 0 unspecified atom stereocenters. The Morgan fingerprint density at radius 3 is 1.73 bits per heavy atom. The number of hydrogen-bond acceptors (Lipinski definition) is 1. The summed E-state index contributed by atoms with van der Waals surface area (Å²) in [5.41, 5.74) is 15.5. The van der Waals surface area contributed by atoms with Gasteiger partial charge in [0.1, 0.15) is 12.4 Å². The van der Waals surface area contributed by atoms with Gasteiger partial charge in [-0.15, -0.1) is 0 Å². The average molecular weight is 665 g/mol. The molecule has 2 aromatic heterocycles. The largest absolute Gasteiger partial charge is 0.488 e. The molecule has 52 heavy (non-hydrogen) atoms. The van der Waals surface area contributed by atoms with Gasteiger partial charge in [-0.1, -0.05) is 121 Å². The number of aromatic nitrogens is 2. The number of rotatable bonds is 4. The van der Waals surface area contributed by atoms with E-state index in [-0.39, 0.29) is 0 Å². The molecule has 3 heterocycles. The van der Waals surface area contributed by atoms with Crippen LogP contribution >= 0.6 is 0 Å². The van der Waals surface area contributed by atoms with Gasteiger partial charge in [0.15, 0.2) is 0 Å². The molecule has 3 heteroatoms. The zero-order chi connectivity index (χ0) is 34.2. The molecule has 0 spiro atoms. The molecule has 0 radical (unpaired) electrons. The van der Waals surface area contributed by atoms with Crippen molar-refractivity contribution in [3.63, 3.8) is 0 Å². The topological polar surface area (TPSA) is 19.1 Å². The lowest BCUT2D eigenvalue weighted by Crippen LogP contribution is -2.08. The fraction of sp³-hybridized carbons (Fsp3) is 0.0204. The normalized spacial score (nSPS) is 12.3. The highest BCUT2D eigenvalue weighted by Gasteiger charge is 2.23. The first-order valence-electron chi connectivity index (χ1n) is 17.9. The second-order valence-electron chi connectivity index (χ2n) is 13.7. The summed E-state index contributed by atoms with van der Waals surface area (Å²) in [5, 5.41) is 4.96. The number of benzene rings is 8. The van der Waals surface area contributed by atoms with Gasteiger partial charge >= 0.3 is 0 Å². The zero-order valence-electron chi connectivity index (χ0n) is 28.3. The Kier molecular flexibility index (Phi) is 6.31. The molecule has 1 aliphatic rings. The van der Waals surface area contributed by atoms with Crippen LogP contribution in [0.5, 0.6) is 5.75 Å². The van der Waals surface area contributed by atoms with Gasteiger partial charge in [0.2, 0.25) is 0 Å². The van der Waals surface area contributed by atoms with E-state index in [1.807, 2.05) is 0 Å². The molecule has 10 aromatic rings. The number of ether oxygens (including phenoxy) is 1. The SMILES string of the molecule is c1ccc(-c2cccc(-n3c4ccccc4c4cc(-c5ccc6c(c5)c5ccccc5n6-c5cccc6c5-c5ccccc5CO6)ccc43)c2)cc1. The lowest BCUT2D eigenvalue weighted by molar-refractivity contribution is 0.302. The number of nitrogens with zero attached hydrogens (tertiary/aromatic N) is 2. The third kappa shape index (κ3) is 4.33. The van der Waals surface area contributed by atoms with Crippen LogP contribution < -0.4 is 4.74 Å². The zero-order valence-corrected chi connectivity index (χ0v) is 28.3. The van der Waals surface area contributed by atoms with Crippen LogP contribution in [0.3, 0.4) is 0 Å². The Balaban J connectivity index is 1.09. The van der Waals surface area contributed by atoms with Crippen LogP contribution in [0.1, 0.15) is 5.56 Å². The summed E-state index contributed by atoms with van der Waals surface area (Å²) in [4.78, 5) is 0. The summed E-state index contributed by atoms with van der Waals surface area (Å²) in [6.07, 6.45) is 0. The quantitative estimate of drug-likeness (QED) is 0.183. The van der Waals surface area contributed by atoms with Gasteiger partial charge in [-0.3, -0.25) is 0 Å². The van der Waals surface area contributed by atoms with Crippen molar-refractivity contribution in [2.24, 2.45) is 0 Å². The molecule has 0 amide bonds. The van der Waals surface area contributed by atoms with Crippen molar-refractivity contribution >= 4 is 43.6 Å². The number of fused-ring (bicyclic) bond motifs is 9. The Hall–Kier alpha value is -6.84. The van der Waals surface area contributed by atoms with E-state index >= 15 is 0 Å². The smallest absolute Gasteiger partial charge is 0.129 e. The summed E-state index contributed by atoms with van der Waals surface area (Å²) >= 11 is 0. The molecule has 0 saturated heterocycles. The second-order valence-corrected chi connectivity index (χ2v) is 13.7. The van der Waals surface area contributed by atoms with E-state index in [0.29, 0.717) is 6.61 Å². The molecule has 8 aromatic carbocycles. The Labute approximate surface area is 301 Å². The Morgan fingerprint density at radius 1 is 0.385 bits per heavy atom. The minimum Gasteiger partial charge on any atom is -0.488 e. The van der Waals surface area contributed by atoms with Gasteiger partial charge in [-0.2, -0.15) is 0 Å². The van der Waals surface area contributed by atoms with Crippen molar-refractivity contribution in [1.29, 1.82) is 0 Å². The fourth-order valence-electron chi connectivity index (χ4n) is 8.44. The predicted octanol–water partition coefficient (Wildman–Crippen LogP) is 12.8. The van der Waals surface area contributed by atoms with Crippen molar-refractivity contribution in [2.75, 3.05) is 0 Å². The van der Waals surface area contributed by atoms with Crippen molar-refractivity contribution in [3.05, 3.63) is 188 Å². The molecule has 11 rings (SSSR count). The molecule has 0 saturated carbocycles. The minimum atomic E-state index is 0.590. The van der Waals surface area contributed by atoms with Crippen molar-refractivity contribution in [1.82, 2.24) is 9.13 Å². The lowest BCUT2D eigenvalue weighted by Gasteiger charge is -2.24. The first-order valence-corrected chi connectivity index (χ1v) is 17.9. The monoisotopic (exact) mass is 664 g/mol. The molecular weight excluding hydrogens is 633 g/mol. The molecule has 0 fully saturated rings. The summed E-state index contributed by atoms with van der Waals surface area (Å²) in [5.74, 6) is 0.929. The maximum Gasteiger partial charge on any atom is 0.129 e. The lowest BCUT2D eigenvalue weighted by atomic mass is 9.95. The van der Waals surface area contributed by atoms with Gasteiger partial charge in [0, 0.05) is 32.8 Å². The standard InChI is InChI=1S/C49H32N2O/c1-2-12-32(13-3-1)33-15-10-16-37(28-33)50-43-20-8-6-18-39(43)41-29-34(24-26-45(41)50)35-25-27-46-42(30-35)40-19-7-9-21-44(40)51(46)47-22-11-23-48-49(47)38-17-5-4-14-36(38)31-52-48/h1-30H,31H2. The van der Waals surface area contributed by atoms with E-state index in [1.165, 1.54) is 77.0 Å². The first kappa shape index (κ1) is 28.9. The van der Waals surface area contributed by atoms with Gasteiger partial charge in [-0.05, 0) is 94.0 Å². The first-order chi connectivity index (χ1) is 25.8. The summed E-state index contributed by atoms with van der Waals surface area (Å²) in [7, 11) is 0. The fourth-order valence-corrected chi connectivity index (χ4v) is 8.44. The Morgan fingerprint density at radius 2 is 0.962 bits per heavy atom. The van der Waals surface area contributed by atoms with Crippen LogP contribution in [0.25, 0.3) is 88.4 Å². The maximum atomic E-state index is 6.30. The van der Waals surface area contributed by atoms with Crippen molar-refractivity contribution in [2.45, 2.75) is 6.61 Å². The van der Waals surface area contributed by atoms with Gasteiger partial charge in [0.05, 0.1) is 27.8 Å². The van der Waals surface area contributed by atoms with Crippen LogP contribution in [-0.2, 0) is 6.61 Å². The summed E-state index contributed by atoms with van der Waals surface area (Å²) in [6, 6.07) is 65.9. The van der Waals surface area contributed by atoms with E-state index in [1.54, 1.807) is 0 Å². The van der Waals surface area contributed by atoms with Gasteiger partial charge in [0.25, 0.3) is 0 Å². The van der Waals surface area contributed by atoms with E-state index in [2.05, 4.69) is 191 Å². The third-order valence-electron chi connectivity index (χ3n) is 10.8. The molecule has 0 N–H and O–H groups in total. The maximum absolute atomic E-state index is 6.30.